The van der Waals surface area contributed by atoms with Crippen molar-refractivity contribution in [2.24, 2.45) is 0 Å². The smallest absolute Gasteiger partial charge is 0.328 e. The molecule has 1 saturated carbocycles. The highest BCUT2D eigenvalue weighted by molar-refractivity contribution is 7.12. The third-order valence-corrected chi connectivity index (χ3v) is 4.99. The molecule has 1 unspecified atom stereocenters. The van der Waals surface area contributed by atoms with Crippen LogP contribution in [0.5, 0.6) is 0 Å². The van der Waals surface area contributed by atoms with Crippen molar-refractivity contribution in [3.05, 3.63) is 22.4 Å². The quantitative estimate of drug-likeness (QED) is 0.909. The summed E-state index contributed by atoms with van der Waals surface area (Å²) in [6.45, 7) is 0.0897. The molecule has 108 valence electrons. The summed E-state index contributed by atoms with van der Waals surface area (Å²) in [6, 6.07) is 2.67. The lowest BCUT2D eigenvalue weighted by molar-refractivity contribution is -0.143. The van der Waals surface area contributed by atoms with Gasteiger partial charge in [0.1, 0.15) is 5.72 Å². The predicted molar refractivity (Wildman–Crippen MR) is 73.7 cm³/mol. The summed E-state index contributed by atoms with van der Waals surface area (Å²) in [6.07, 6.45) is 4.52. The molecular formula is C14H17NO4S. The van der Waals surface area contributed by atoms with E-state index in [1.165, 1.54) is 16.2 Å². The van der Waals surface area contributed by atoms with Gasteiger partial charge in [-0.3, -0.25) is 9.69 Å². The number of carboxylic acid groups (broad SMARTS) is 1. The molecule has 1 N–H and O–H groups in total. The van der Waals surface area contributed by atoms with Gasteiger partial charge in [0, 0.05) is 0 Å². The van der Waals surface area contributed by atoms with Gasteiger partial charge in [-0.2, -0.15) is 0 Å². The molecule has 1 aliphatic heterocycles. The zero-order chi connectivity index (χ0) is 14.2. The molecule has 0 bridgehead atoms. The Balaban J connectivity index is 1.95. The Labute approximate surface area is 121 Å². The second kappa shape index (κ2) is 5.18. The Morgan fingerprint density at radius 3 is 2.70 bits per heavy atom. The zero-order valence-electron chi connectivity index (χ0n) is 11.1. The van der Waals surface area contributed by atoms with Gasteiger partial charge in [-0.15, -0.1) is 11.3 Å². The molecule has 6 heteroatoms. The lowest BCUT2D eigenvalue weighted by Gasteiger charge is -2.40. The van der Waals surface area contributed by atoms with Gasteiger partial charge in [-0.05, 0) is 37.1 Å². The first-order valence-electron chi connectivity index (χ1n) is 6.88. The zero-order valence-corrected chi connectivity index (χ0v) is 11.9. The number of thiophene rings is 1. The number of hydrogen-bond donors (Lipinski definition) is 1. The highest BCUT2D eigenvalue weighted by Gasteiger charge is 2.53. The van der Waals surface area contributed by atoms with Gasteiger partial charge in [0.15, 0.2) is 6.04 Å². The van der Waals surface area contributed by atoms with Gasteiger partial charge in [-0.1, -0.05) is 12.5 Å². The molecule has 2 heterocycles. The van der Waals surface area contributed by atoms with Crippen LogP contribution in [0.25, 0.3) is 0 Å². The molecule has 1 aliphatic carbocycles. The average molecular weight is 295 g/mol. The Morgan fingerprint density at radius 2 is 2.10 bits per heavy atom. The maximum Gasteiger partial charge on any atom is 0.328 e. The minimum atomic E-state index is -0.989. The van der Waals surface area contributed by atoms with Crippen molar-refractivity contribution >= 4 is 23.2 Å². The van der Waals surface area contributed by atoms with Gasteiger partial charge in [0.25, 0.3) is 5.91 Å². The summed E-state index contributed by atoms with van der Waals surface area (Å²) in [7, 11) is 0. The Morgan fingerprint density at radius 1 is 1.35 bits per heavy atom. The average Bonchev–Trinajstić information content (AvgIpc) is 3.07. The second-order valence-electron chi connectivity index (χ2n) is 5.32. The van der Waals surface area contributed by atoms with E-state index in [2.05, 4.69) is 0 Å². The molecular weight excluding hydrogens is 278 g/mol. The first-order chi connectivity index (χ1) is 9.64. The van der Waals surface area contributed by atoms with Crippen molar-refractivity contribution in [1.29, 1.82) is 0 Å². The molecule has 3 rings (SSSR count). The first kappa shape index (κ1) is 13.6. The summed E-state index contributed by atoms with van der Waals surface area (Å²) in [5.74, 6) is -1.20. The highest BCUT2D eigenvalue weighted by Crippen LogP contribution is 2.41. The van der Waals surface area contributed by atoms with E-state index in [1.807, 2.05) is 5.38 Å². The van der Waals surface area contributed by atoms with Crippen LogP contribution in [0.4, 0.5) is 0 Å². The van der Waals surface area contributed by atoms with Crippen molar-refractivity contribution in [2.75, 3.05) is 6.61 Å². The standard InChI is InChI=1S/C14H17NO4S/c16-12(11-5-4-8-20-11)15-10(13(17)18)9-19-14(15)6-2-1-3-7-14/h4-5,8,10H,1-3,6-7,9H2,(H,17,18). The van der Waals surface area contributed by atoms with Crippen LogP contribution in [0.3, 0.4) is 0 Å². The molecule has 1 atom stereocenters. The number of rotatable bonds is 2. The van der Waals surface area contributed by atoms with E-state index in [-0.39, 0.29) is 12.5 Å². The normalized spacial score (nSPS) is 25.0. The molecule has 2 fully saturated rings. The Hall–Kier alpha value is -1.40. The molecule has 0 aromatic carbocycles. The lowest BCUT2D eigenvalue weighted by atomic mass is 9.90. The molecule has 1 aromatic rings. The van der Waals surface area contributed by atoms with Gasteiger partial charge in [0.2, 0.25) is 0 Å². The maximum atomic E-state index is 12.7. The minimum absolute atomic E-state index is 0.0897. The third kappa shape index (κ3) is 2.13. The van der Waals surface area contributed by atoms with E-state index < -0.39 is 17.7 Å². The van der Waals surface area contributed by atoms with E-state index in [0.29, 0.717) is 4.88 Å². The van der Waals surface area contributed by atoms with Gasteiger partial charge in [-0.25, -0.2) is 4.79 Å². The van der Waals surface area contributed by atoms with Gasteiger partial charge in [0.05, 0.1) is 11.5 Å². The number of carbonyl (C=O) groups is 2. The molecule has 1 saturated heterocycles. The van der Waals surface area contributed by atoms with Crippen LogP contribution < -0.4 is 0 Å². The van der Waals surface area contributed by atoms with Crippen LogP contribution in [-0.2, 0) is 9.53 Å². The van der Waals surface area contributed by atoms with Crippen LogP contribution in [0, 0.1) is 0 Å². The molecule has 1 aromatic heterocycles. The third-order valence-electron chi connectivity index (χ3n) is 4.13. The van der Waals surface area contributed by atoms with Crippen molar-refractivity contribution in [3.8, 4) is 0 Å². The first-order valence-corrected chi connectivity index (χ1v) is 7.76. The van der Waals surface area contributed by atoms with Gasteiger partial charge >= 0.3 is 5.97 Å². The second-order valence-corrected chi connectivity index (χ2v) is 6.27. The Kier molecular flexibility index (Phi) is 3.52. The van der Waals surface area contributed by atoms with E-state index in [4.69, 9.17) is 4.74 Å². The largest absolute Gasteiger partial charge is 0.480 e. The molecule has 2 aliphatic rings. The number of carbonyl (C=O) groups excluding carboxylic acids is 1. The maximum absolute atomic E-state index is 12.7. The topological polar surface area (TPSA) is 66.8 Å². The summed E-state index contributed by atoms with van der Waals surface area (Å²) < 4.78 is 5.82. The number of ether oxygens (including phenoxy) is 1. The van der Waals surface area contributed by atoms with Crippen LogP contribution in [0.15, 0.2) is 17.5 Å². The van der Waals surface area contributed by atoms with Crippen molar-refractivity contribution in [2.45, 2.75) is 43.9 Å². The number of carboxylic acids is 1. The molecule has 20 heavy (non-hydrogen) atoms. The molecule has 1 spiro atoms. The molecule has 5 nitrogen and oxygen atoms in total. The summed E-state index contributed by atoms with van der Waals surface area (Å²) >= 11 is 1.34. The van der Waals surface area contributed by atoms with Crippen LogP contribution in [0.2, 0.25) is 0 Å². The predicted octanol–water partition coefficient (Wildman–Crippen LogP) is 2.33. The monoisotopic (exact) mass is 295 g/mol. The van der Waals surface area contributed by atoms with Crippen molar-refractivity contribution in [3.63, 3.8) is 0 Å². The number of hydrogen-bond acceptors (Lipinski definition) is 4. The number of amides is 1. The van der Waals surface area contributed by atoms with Crippen LogP contribution in [0.1, 0.15) is 41.8 Å². The van der Waals surface area contributed by atoms with E-state index in [0.717, 1.165) is 32.1 Å². The van der Waals surface area contributed by atoms with Crippen LogP contribution >= 0.6 is 11.3 Å². The fourth-order valence-electron chi connectivity index (χ4n) is 3.18. The minimum Gasteiger partial charge on any atom is -0.480 e. The summed E-state index contributed by atoms with van der Waals surface area (Å²) in [5.41, 5.74) is -0.706. The molecule has 0 radical (unpaired) electrons. The van der Waals surface area contributed by atoms with Crippen LogP contribution in [-0.4, -0.2) is 40.3 Å². The summed E-state index contributed by atoms with van der Waals surface area (Å²) in [4.78, 5) is 26.2. The lowest BCUT2D eigenvalue weighted by Crippen LogP contribution is -2.54. The number of aliphatic carboxylic acids is 1. The fraction of sp³-hybridized carbons (Fsp3) is 0.571. The van der Waals surface area contributed by atoms with Crippen molar-refractivity contribution in [1.82, 2.24) is 4.90 Å². The van der Waals surface area contributed by atoms with E-state index in [1.54, 1.807) is 12.1 Å². The van der Waals surface area contributed by atoms with Gasteiger partial charge < -0.3 is 9.84 Å². The number of nitrogens with zero attached hydrogens (tertiary/aromatic N) is 1. The fourth-order valence-corrected chi connectivity index (χ4v) is 3.84. The van der Waals surface area contributed by atoms with E-state index >= 15 is 0 Å². The van der Waals surface area contributed by atoms with E-state index in [9.17, 15) is 14.7 Å². The van der Waals surface area contributed by atoms with Crippen molar-refractivity contribution < 1.29 is 19.4 Å². The summed E-state index contributed by atoms with van der Waals surface area (Å²) in [5, 5.41) is 11.2. The SMILES string of the molecule is O=C(O)C1COC2(CCCCC2)N1C(=O)c1cccs1. The molecule has 1 amide bonds. The highest BCUT2D eigenvalue weighted by atomic mass is 32.1. The Bertz CT molecular complexity index is 507.